The van der Waals surface area contributed by atoms with Gasteiger partial charge in [-0.15, -0.1) is 0 Å². The zero-order valence-corrected chi connectivity index (χ0v) is 17.8. The van der Waals surface area contributed by atoms with E-state index < -0.39 is 37.7 Å². The molecule has 9 nitrogen and oxygen atoms in total. The predicted octanol–water partition coefficient (Wildman–Crippen LogP) is 2.39. The highest BCUT2D eigenvalue weighted by molar-refractivity contribution is 7.92. The fraction of sp³-hybridized carbons (Fsp3) is 0.300. The van der Waals surface area contributed by atoms with Crippen LogP contribution in [0.2, 0.25) is 0 Å². The Morgan fingerprint density at radius 1 is 1.24 bits per heavy atom. The smallest absolute Gasteiger partial charge is 0.322 e. The number of halogens is 3. The Labute approximate surface area is 185 Å². The SMILES string of the molecule is CC(=O)Nc1cc(CC2CC23NC(=O)N(c2ccc(S(=O)(=O)C(F)(F)F)cc2)C3=O)ccn1. The minimum atomic E-state index is -5.54. The Morgan fingerprint density at radius 2 is 1.91 bits per heavy atom. The van der Waals surface area contributed by atoms with Gasteiger partial charge >= 0.3 is 11.5 Å². The lowest BCUT2D eigenvalue weighted by atomic mass is 10.1. The molecule has 1 aliphatic carbocycles. The van der Waals surface area contributed by atoms with Gasteiger partial charge in [-0.25, -0.2) is 23.1 Å². The van der Waals surface area contributed by atoms with Crippen LogP contribution in [-0.2, 0) is 25.8 Å². The van der Waals surface area contributed by atoms with Crippen LogP contribution in [-0.4, -0.2) is 42.3 Å². The van der Waals surface area contributed by atoms with Crippen LogP contribution in [0.1, 0.15) is 18.9 Å². The van der Waals surface area contributed by atoms with Gasteiger partial charge < -0.3 is 10.6 Å². The maximum Gasteiger partial charge on any atom is 0.501 e. The van der Waals surface area contributed by atoms with E-state index in [9.17, 15) is 36.0 Å². The molecule has 1 saturated carbocycles. The number of carbonyl (C=O) groups excluding carboxylic acids is 3. The number of aromatic nitrogens is 1. The molecule has 1 aliphatic heterocycles. The van der Waals surface area contributed by atoms with Crippen molar-refractivity contribution >= 4 is 39.2 Å². The Hall–Kier alpha value is -3.48. The number of amides is 4. The second-order valence-corrected chi connectivity index (χ2v) is 9.76. The zero-order chi connectivity index (χ0) is 24.2. The lowest BCUT2D eigenvalue weighted by molar-refractivity contribution is -0.119. The van der Waals surface area contributed by atoms with Gasteiger partial charge in [-0.05, 0) is 60.7 Å². The number of hydrogen-bond acceptors (Lipinski definition) is 6. The van der Waals surface area contributed by atoms with Crippen molar-refractivity contribution in [2.45, 2.75) is 35.7 Å². The molecule has 0 radical (unpaired) electrons. The third-order valence-corrected chi connectivity index (χ3v) is 7.05. The van der Waals surface area contributed by atoms with Crippen molar-refractivity contribution in [3.05, 3.63) is 48.2 Å². The zero-order valence-electron chi connectivity index (χ0n) is 17.0. The monoisotopic (exact) mass is 482 g/mol. The second-order valence-electron chi connectivity index (χ2n) is 7.82. The first-order valence-electron chi connectivity index (χ1n) is 9.66. The van der Waals surface area contributed by atoms with E-state index in [2.05, 4.69) is 15.6 Å². The summed E-state index contributed by atoms with van der Waals surface area (Å²) in [6.07, 6.45) is 2.28. The molecule has 33 heavy (non-hydrogen) atoms. The van der Waals surface area contributed by atoms with Gasteiger partial charge in [0.25, 0.3) is 15.7 Å². The van der Waals surface area contributed by atoms with E-state index in [1.807, 2.05) is 0 Å². The average Bonchev–Trinajstić information content (AvgIpc) is 3.32. The summed E-state index contributed by atoms with van der Waals surface area (Å²) in [5.74, 6) is -0.742. The largest absolute Gasteiger partial charge is 0.501 e. The van der Waals surface area contributed by atoms with Gasteiger partial charge in [0.2, 0.25) is 5.91 Å². The maximum atomic E-state index is 13.0. The fourth-order valence-electron chi connectivity index (χ4n) is 3.86. The summed E-state index contributed by atoms with van der Waals surface area (Å²) in [5, 5.41) is 5.20. The van der Waals surface area contributed by atoms with Gasteiger partial charge in [-0.3, -0.25) is 9.59 Å². The maximum absolute atomic E-state index is 13.0. The van der Waals surface area contributed by atoms with E-state index in [0.717, 1.165) is 22.6 Å². The highest BCUT2D eigenvalue weighted by Crippen LogP contribution is 2.50. The van der Waals surface area contributed by atoms with E-state index in [0.29, 0.717) is 30.8 Å². The molecular weight excluding hydrogens is 465 g/mol. The lowest BCUT2D eigenvalue weighted by Gasteiger charge is -2.14. The predicted molar refractivity (Wildman–Crippen MR) is 109 cm³/mol. The van der Waals surface area contributed by atoms with Crippen LogP contribution in [0, 0.1) is 5.92 Å². The molecule has 2 aromatic rings. The topological polar surface area (TPSA) is 126 Å². The molecule has 0 bridgehead atoms. The number of benzene rings is 1. The van der Waals surface area contributed by atoms with Crippen LogP contribution in [0.4, 0.5) is 29.5 Å². The van der Waals surface area contributed by atoms with Crippen molar-refractivity contribution in [3.8, 4) is 0 Å². The first kappa shape index (κ1) is 22.7. The molecule has 1 aromatic heterocycles. The van der Waals surface area contributed by atoms with Gasteiger partial charge in [-0.2, -0.15) is 13.2 Å². The minimum absolute atomic E-state index is 0.0435. The Morgan fingerprint density at radius 3 is 2.52 bits per heavy atom. The van der Waals surface area contributed by atoms with Crippen LogP contribution in [0.5, 0.6) is 0 Å². The molecule has 4 amide bonds. The van der Waals surface area contributed by atoms with Crippen molar-refractivity contribution in [3.63, 3.8) is 0 Å². The normalized spacial score (nSPS) is 22.4. The molecule has 1 saturated heterocycles. The third kappa shape index (κ3) is 3.92. The number of sulfone groups is 1. The molecular formula is C20H17F3N4O5S. The number of hydrogen-bond donors (Lipinski definition) is 2. The summed E-state index contributed by atoms with van der Waals surface area (Å²) in [4.78, 5) is 40.5. The molecule has 2 N–H and O–H groups in total. The van der Waals surface area contributed by atoms with Gasteiger partial charge in [0, 0.05) is 13.1 Å². The first-order valence-corrected chi connectivity index (χ1v) is 11.1. The molecule has 2 fully saturated rings. The number of anilines is 2. The molecule has 4 rings (SSSR count). The number of alkyl halides is 3. The third-order valence-electron chi connectivity index (χ3n) is 5.54. The van der Waals surface area contributed by atoms with E-state index >= 15 is 0 Å². The van der Waals surface area contributed by atoms with Crippen LogP contribution in [0.3, 0.4) is 0 Å². The van der Waals surface area contributed by atoms with Gasteiger partial charge in [0.1, 0.15) is 11.4 Å². The number of urea groups is 1. The number of nitrogens with one attached hydrogen (secondary N) is 2. The molecule has 13 heteroatoms. The number of imide groups is 1. The molecule has 174 valence electrons. The molecule has 2 atom stereocenters. The number of pyridine rings is 1. The van der Waals surface area contributed by atoms with Crippen LogP contribution < -0.4 is 15.5 Å². The minimum Gasteiger partial charge on any atom is -0.322 e. The van der Waals surface area contributed by atoms with Crippen LogP contribution >= 0.6 is 0 Å². The molecule has 1 aromatic carbocycles. The first-order chi connectivity index (χ1) is 15.3. The quantitative estimate of drug-likeness (QED) is 0.631. The average molecular weight is 482 g/mol. The summed E-state index contributed by atoms with van der Waals surface area (Å²) >= 11 is 0. The second kappa shape index (κ2) is 7.54. The Bertz CT molecular complexity index is 1260. The van der Waals surface area contributed by atoms with E-state index in [4.69, 9.17) is 0 Å². The Kier molecular flexibility index (Phi) is 5.19. The summed E-state index contributed by atoms with van der Waals surface area (Å²) < 4.78 is 61.2. The number of nitrogens with zero attached hydrogens (tertiary/aromatic N) is 2. The van der Waals surface area contributed by atoms with Gasteiger partial charge in [-0.1, -0.05) is 0 Å². The molecule has 2 aliphatic rings. The van der Waals surface area contributed by atoms with Crippen molar-refractivity contribution in [2.24, 2.45) is 5.92 Å². The summed E-state index contributed by atoms with van der Waals surface area (Å²) in [6.45, 7) is 1.34. The summed E-state index contributed by atoms with van der Waals surface area (Å²) in [7, 11) is -5.54. The van der Waals surface area contributed by atoms with E-state index in [-0.39, 0.29) is 17.5 Å². The number of rotatable bonds is 5. The summed E-state index contributed by atoms with van der Waals surface area (Å²) in [6, 6.07) is 6.00. The van der Waals surface area contributed by atoms with Crippen molar-refractivity contribution in [2.75, 3.05) is 10.2 Å². The lowest BCUT2D eigenvalue weighted by Crippen LogP contribution is -2.35. The molecule has 2 unspecified atom stereocenters. The standard InChI is InChI=1S/C20H17F3N4O5S/c1-11(28)25-16-9-12(6-7-24-16)8-13-10-19(13)17(29)27(18(30)26-19)14-2-4-15(5-3-14)33(31,32)20(21,22)23/h2-7,9,13H,8,10H2,1H3,(H,26,30)(H,24,25,28). The number of carbonyl (C=O) groups is 3. The fourth-order valence-corrected chi connectivity index (χ4v) is 4.62. The molecule has 2 heterocycles. The van der Waals surface area contributed by atoms with Gasteiger partial charge in [0.15, 0.2) is 0 Å². The van der Waals surface area contributed by atoms with Crippen molar-refractivity contribution < 1.29 is 36.0 Å². The highest BCUT2D eigenvalue weighted by atomic mass is 32.2. The van der Waals surface area contributed by atoms with Crippen molar-refractivity contribution in [1.82, 2.24) is 10.3 Å². The Balaban J connectivity index is 1.51. The van der Waals surface area contributed by atoms with Crippen LogP contribution in [0.25, 0.3) is 0 Å². The summed E-state index contributed by atoms with van der Waals surface area (Å²) in [5.41, 5.74) is -5.87. The van der Waals surface area contributed by atoms with Crippen LogP contribution in [0.15, 0.2) is 47.5 Å². The van der Waals surface area contributed by atoms with E-state index in [1.165, 1.54) is 13.1 Å². The van der Waals surface area contributed by atoms with Crippen molar-refractivity contribution in [1.29, 1.82) is 0 Å². The molecule has 1 spiro atoms. The highest BCUT2D eigenvalue weighted by Gasteiger charge is 2.67. The van der Waals surface area contributed by atoms with Gasteiger partial charge in [0.05, 0.1) is 10.6 Å². The van der Waals surface area contributed by atoms with E-state index in [1.54, 1.807) is 12.1 Å².